The van der Waals surface area contributed by atoms with E-state index in [2.05, 4.69) is 57.7 Å². The van der Waals surface area contributed by atoms with Crippen molar-refractivity contribution in [2.24, 2.45) is 5.73 Å². The van der Waals surface area contributed by atoms with Gasteiger partial charge in [-0.3, -0.25) is 14.6 Å². The van der Waals surface area contributed by atoms with Gasteiger partial charge in [0.05, 0.1) is 16.1 Å². The Bertz CT molecular complexity index is 1480. The molecule has 1 aromatic heterocycles. The molecule has 0 spiro atoms. The van der Waals surface area contributed by atoms with Gasteiger partial charge < -0.3 is 41.3 Å². The fourth-order valence-electron chi connectivity index (χ4n) is 5.40. The zero-order valence-corrected chi connectivity index (χ0v) is 29.4. The van der Waals surface area contributed by atoms with Crippen LogP contribution in [0.1, 0.15) is 30.4 Å². The molecule has 3 aromatic rings. The van der Waals surface area contributed by atoms with Crippen LogP contribution in [0, 0.1) is 0 Å². The molecular weight excluding hydrogens is 734 g/mol. The number of urea groups is 1. The number of hydrogen-bond donors (Lipinski definition) is 5. The molecule has 1 aliphatic rings. The number of hydrogen-bond acceptors (Lipinski definition) is 8. The van der Waals surface area contributed by atoms with E-state index in [9.17, 15) is 19.5 Å². The van der Waals surface area contributed by atoms with Crippen molar-refractivity contribution in [2.45, 2.75) is 44.3 Å². The second-order valence-electron chi connectivity index (χ2n) is 11.2. The molecule has 12 nitrogen and oxygen atoms in total. The van der Waals surface area contributed by atoms with Crippen molar-refractivity contribution < 1.29 is 24.2 Å². The smallest absolute Gasteiger partial charge is 0.315 e. The number of aromatic hydroxyl groups is 1. The normalized spacial score (nSPS) is 14.2. The minimum absolute atomic E-state index is 0.0202. The lowest BCUT2D eigenvalue weighted by molar-refractivity contribution is -0.137. The first-order valence-electron chi connectivity index (χ1n) is 15.5. The molecule has 47 heavy (non-hydrogen) atoms. The number of methoxy groups -OCH3 is 1. The zero-order chi connectivity index (χ0) is 33.8. The molecule has 1 saturated heterocycles. The van der Waals surface area contributed by atoms with Crippen molar-refractivity contribution in [3.05, 3.63) is 81.0 Å². The van der Waals surface area contributed by atoms with E-state index in [-0.39, 0.29) is 24.6 Å². The van der Waals surface area contributed by atoms with E-state index in [1.807, 2.05) is 30.3 Å². The number of phenolic OH excluding ortho intramolecular Hbond substituents is 1. The van der Waals surface area contributed by atoms with Crippen LogP contribution in [0.3, 0.4) is 0 Å². The Hall–Kier alpha value is -3.88. The molecule has 0 saturated carbocycles. The van der Waals surface area contributed by atoms with E-state index < -0.39 is 24.0 Å². The number of nitrogens with two attached hydrogens (primary N) is 1. The highest BCUT2D eigenvalue weighted by atomic mass is 79.9. The quantitative estimate of drug-likeness (QED) is 0.155. The standard InChI is InChI=1S/C33H41Br2N7O5/c1-47-29-8-3-2-6-23(29)21-38-33(46)40-28(20-22-18-25(34)30(43)26(35)19-22)31(44)39-27(7-4-5-11-36)32(45)42-16-14-41(15-17-42)24-9-12-37-13-10-24/h2-3,6,8-10,12-13,18-19,27-28,43H,4-5,7,11,14-17,20-21,36H2,1H3,(H,39,44)(H2,38,40,46)/t27-,28-/m0/s1. The number of pyridine rings is 1. The zero-order valence-electron chi connectivity index (χ0n) is 26.3. The van der Waals surface area contributed by atoms with Gasteiger partial charge in [0, 0.05) is 62.8 Å². The maximum absolute atomic E-state index is 13.9. The Morgan fingerprint density at radius 3 is 2.32 bits per heavy atom. The molecule has 6 N–H and O–H groups in total. The third-order valence-electron chi connectivity index (χ3n) is 7.95. The average molecular weight is 776 g/mol. The second kappa shape index (κ2) is 17.9. The van der Waals surface area contributed by atoms with E-state index in [1.165, 1.54) is 0 Å². The number of phenols is 1. The summed E-state index contributed by atoms with van der Waals surface area (Å²) in [5, 5.41) is 18.7. The fourth-order valence-corrected chi connectivity index (χ4v) is 6.68. The van der Waals surface area contributed by atoms with Gasteiger partial charge in [-0.1, -0.05) is 18.2 Å². The van der Waals surface area contributed by atoms with E-state index in [1.54, 1.807) is 42.6 Å². The van der Waals surface area contributed by atoms with Gasteiger partial charge in [0.1, 0.15) is 23.6 Å². The Morgan fingerprint density at radius 2 is 1.66 bits per heavy atom. The molecule has 2 heterocycles. The summed E-state index contributed by atoms with van der Waals surface area (Å²) in [7, 11) is 1.55. The van der Waals surface area contributed by atoms with Gasteiger partial charge in [0.15, 0.2) is 0 Å². The van der Waals surface area contributed by atoms with Gasteiger partial charge in [-0.15, -0.1) is 0 Å². The lowest BCUT2D eigenvalue weighted by Gasteiger charge is -2.37. The third kappa shape index (κ3) is 10.3. The molecule has 0 radical (unpaired) electrons. The first-order valence-corrected chi connectivity index (χ1v) is 17.1. The first-order chi connectivity index (χ1) is 22.7. The SMILES string of the molecule is COc1ccccc1CNC(=O)N[C@@H](Cc1cc(Br)c(O)c(Br)c1)C(=O)N[C@@H](CCCCN)C(=O)N1CCN(c2ccncc2)CC1. The van der Waals surface area contributed by atoms with Crippen molar-refractivity contribution in [2.75, 3.05) is 44.7 Å². The molecule has 252 valence electrons. The monoisotopic (exact) mass is 773 g/mol. The van der Waals surface area contributed by atoms with E-state index in [0.29, 0.717) is 72.2 Å². The molecule has 0 bridgehead atoms. The number of aromatic nitrogens is 1. The third-order valence-corrected chi connectivity index (χ3v) is 9.16. The number of anilines is 1. The molecule has 14 heteroatoms. The molecule has 0 unspecified atom stereocenters. The Kier molecular flexibility index (Phi) is 13.7. The van der Waals surface area contributed by atoms with Crippen molar-refractivity contribution in [3.8, 4) is 11.5 Å². The number of amides is 4. The topological polar surface area (TPSA) is 162 Å². The molecule has 2 aromatic carbocycles. The largest absolute Gasteiger partial charge is 0.506 e. The molecule has 1 aliphatic heterocycles. The summed E-state index contributed by atoms with van der Waals surface area (Å²) in [5.74, 6) is -0.0216. The number of ether oxygens (including phenoxy) is 1. The van der Waals surface area contributed by atoms with Crippen LogP contribution in [0.15, 0.2) is 69.9 Å². The summed E-state index contributed by atoms with van der Waals surface area (Å²) in [5.41, 5.74) is 8.23. The van der Waals surface area contributed by atoms with Gasteiger partial charge in [0.25, 0.3) is 0 Å². The van der Waals surface area contributed by atoms with Crippen LogP contribution in [0.25, 0.3) is 0 Å². The van der Waals surface area contributed by atoms with Crippen LogP contribution in [0.4, 0.5) is 10.5 Å². The van der Waals surface area contributed by atoms with Gasteiger partial charge in [-0.05, 0) is 93.6 Å². The van der Waals surface area contributed by atoms with Gasteiger partial charge in [-0.2, -0.15) is 0 Å². The molecule has 4 rings (SSSR count). The molecule has 2 atom stereocenters. The maximum atomic E-state index is 13.9. The number of para-hydroxylation sites is 1. The number of rotatable bonds is 14. The Morgan fingerprint density at radius 1 is 0.979 bits per heavy atom. The summed E-state index contributed by atoms with van der Waals surface area (Å²) < 4.78 is 6.24. The molecule has 1 fully saturated rings. The van der Waals surface area contributed by atoms with Crippen LogP contribution in [-0.4, -0.2) is 84.8 Å². The van der Waals surface area contributed by atoms with Crippen LogP contribution in [0.2, 0.25) is 0 Å². The Balaban J connectivity index is 1.48. The van der Waals surface area contributed by atoms with Crippen LogP contribution in [0.5, 0.6) is 11.5 Å². The number of carbonyl (C=O) groups excluding carboxylic acids is 3. The summed E-state index contributed by atoms with van der Waals surface area (Å²) in [6, 6.07) is 12.2. The maximum Gasteiger partial charge on any atom is 0.315 e. The molecular formula is C33H41Br2N7O5. The summed E-state index contributed by atoms with van der Waals surface area (Å²) >= 11 is 6.68. The highest BCUT2D eigenvalue weighted by Gasteiger charge is 2.31. The minimum atomic E-state index is -1.04. The number of nitrogens with zero attached hydrogens (tertiary/aromatic N) is 3. The number of carbonyl (C=O) groups is 3. The van der Waals surface area contributed by atoms with Crippen LogP contribution >= 0.6 is 31.9 Å². The summed E-state index contributed by atoms with van der Waals surface area (Å²) in [6.45, 7) is 2.97. The highest BCUT2D eigenvalue weighted by molar-refractivity contribution is 9.11. The molecule has 4 amide bonds. The lowest BCUT2D eigenvalue weighted by atomic mass is 10.0. The number of halogens is 2. The number of nitrogens with one attached hydrogen (secondary N) is 3. The van der Waals surface area contributed by atoms with Crippen LogP contribution < -0.4 is 31.3 Å². The number of piperazine rings is 1. The number of unbranched alkanes of at least 4 members (excludes halogenated alkanes) is 1. The highest BCUT2D eigenvalue weighted by Crippen LogP contribution is 2.33. The van der Waals surface area contributed by atoms with E-state index in [4.69, 9.17) is 10.5 Å². The van der Waals surface area contributed by atoms with Crippen molar-refractivity contribution in [1.82, 2.24) is 25.8 Å². The molecule has 0 aliphatic carbocycles. The first kappa shape index (κ1) is 36.0. The summed E-state index contributed by atoms with van der Waals surface area (Å²) in [4.78, 5) is 48.9. The van der Waals surface area contributed by atoms with Crippen molar-refractivity contribution >= 4 is 55.4 Å². The average Bonchev–Trinajstić information content (AvgIpc) is 3.09. The lowest BCUT2D eigenvalue weighted by Crippen LogP contribution is -2.58. The van der Waals surface area contributed by atoms with Crippen molar-refractivity contribution in [3.63, 3.8) is 0 Å². The van der Waals surface area contributed by atoms with E-state index in [0.717, 1.165) is 11.3 Å². The van der Waals surface area contributed by atoms with Gasteiger partial charge in [-0.25, -0.2) is 4.79 Å². The summed E-state index contributed by atoms with van der Waals surface area (Å²) in [6.07, 6.45) is 5.36. The second-order valence-corrected chi connectivity index (χ2v) is 12.9. The van der Waals surface area contributed by atoms with E-state index >= 15 is 0 Å². The van der Waals surface area contributed by atoms with Gasteiger partial charge >= 0.3 is 6.03 Å². The predicted octanol–water partition coefficient (Wildman–Crippen LogP) is 3.69. The van der Waals surface area contributed by atoms with Gasteiger partial charge in [0.2, 0.25) is 11.8 Å². The van der Waals surface area contributed by atoms with Crippen LogP contribution in [-0.2, 0) is 22.6 Å². The van der Waals surface area contributed by atoms with Crippen molar-refractivity contribution in [1.29, 1.82) is 0 Å². The fraction of sp³-hybridized carbons (Fsp3) is 0.394. The Labute approximate surface area is 291 Å². The minimum Gasteiger partial charge on any atom is -0.506 e. The predicted molar refractivity (Wildman–Crippen MR) is 187 cm³/mol. The number of benzene rings is 2.